The Hall–Kier alpha value is -2.76. The van der Waals surface area contributed by atoms with Crippen molar-refractivity contribution >= 4 is 11.9 Å². The fourth-order valence-electron chi connectivity index (χ4n) is 3.26. The number of hydrogen-bond acceptors (Lipinski definition) is 4. The van der Waals surface area contributed by atoms with Crippen LogP contribution < -0.4 is 14.8 Å². The molecule has 3 atom stereocenters. The van der Waals surface area contributed by atoms with Gasteiger partial charge in [-0.25, -0.2) is 4.79 Å². The molecule has 23 heavy (non-hydrogen) atoms. The summed E-state index contributed by atoms with van der Waals surface area (Å²) in [5.41, 5.74) is 1.02. The number of rotatable bonds is 2. The molecule has 0 aromatic heterocycles. The highest BCUT2D eigenvalue weighted by molar-refractivity contribution is 6.04. The Labute approximate surface area is 133 Å². The van der Waals surface area contributed by atoms with Gasteiger partial charge in [0.2, 0.25) is 6.79 Å². The van der Waals surface area contributed by atoms with Crippen LogP contribution in [0.15, 0.2) is 42.5 Å². The maximum atomic E-state index is 12.3. The lowest BCUT2D eigenvalue weighted by atomic mass is 9.78. The van der Waals surface area contributed by atoms with Crippen LogP contribution in [0.2, 0.25) is 0 Å². The van der Waals surface area contributed by atoms with Crippen LogP contribution in [0.25, 0.3) is 0 Å². The SMILES string of the molecule is CN1C(=O)NC([C@H]2C=CC=C[C@@H]2c2ccc3c(c2)OCO3)C1=O. The molecule has 1 N–H and O–H groups in total. The lowest BCUT2D eigenvalue weighted by Crippen LogP contribution is -2.39. The molecule has 0 bridgehead atoms. The molecule has 1 aromatic carbocycles. The maximum absolute atomic E-state index is 12.3. The molecule has 2 aliphatic heterocycles. The average molecular weight is 312 g/mol. The van der Waals surface area contributed by atoms with Crippen LogP contribution in [0.3, 0.4) is 0 Å². The summed E-state index contributed by atoms with van der Waals surface area (Å²) < 4.78 is 10.8. The number of fused-ring (bicyclic) bond motifs is 1. The third-order valence-corrected chi connectivity index (χ3v) is 4.52. The van der Waals surface area contributed by atoms with Gasteiger partial charge in [0.25, 0.3) is 5.91 Å². The summed E-state index contributed by atoms with van der Waals surface area (Å²) in [7, 11) is 1.50. The Kier molecular flexibility index (Phi) is 3.11. The molecule has 0 radical (unpaired) electrons. The van der Waals surface area contributed by atoms with E-state index in [0.717, 1.165) is 16.2 Å². The molecule has 4 rings (SSSR count). The predicted octanol–water partition coefficient (Wildman–Crippen LogP) is 1.79. The van der Waals surface area contributed by atoms with E-state index in [1.807, 2.05) is 42.5 Å². The van der Waals surface area contributed by atoms with E-state index in [1.54, 1.807) is 0 Å². The minimum absolute atomic E-state index is 0.0183. The van der Waals surface area contributed by atoms with Crippen molar-refractivity contribution in [3.05, 3.63) is 48.1 Å². The van der Waals surface area contributed by atoms with Crippen LogP contribution in [0.4, 0.5) is 4.79 Å². The number of likely N-dealkylation sites (N-methyl/N-ethyl adjacent to an activating group) is 1. The molecular weight excluding hydrogens is 296 g/mol. The van der Waals surface area contributed by atoms with E-state index in [4.69, 9.17) is 9.47 Å². The van der Waals surface area contributed by atoms with Gasteiger partial charge in [0, 0.05) is 18.9 Å². The van der Waals surface area contributed by atoms with Gasteiger partial charge >= 0.3 is 6.03 Å². The highest BCUT2D eigenvalue weighted by atomic mass is 16.7. The third kappa shape index (κ3) is 2.18. The first kappa shape index (κ1) is 13.9. The largest absolute Gasteiger partial charge is 0.454 e. The van der Waals surface area contributed by atoms with Gasteiger partial charge in [-0.05, 0) is 17.7 Å². The Balaban J connectivity index is 1.67. The van der Waals surface area contributed by atoms with Crippen molar-refractivity contribution in [2.24, 2.45) is 5.92 Å². The second-order valence-electron chi connectivity index (χ2n) is 5.81. The van der Waals surface area contributed by atoms with Crippen LogP contribution >= 0.6 is 0 Å². The van der Waals surface area contributed by atoms with E-state index in [9.17, 15) is 9.59 Å². The first-order valence-electron chi connectivity index (χ1n) is 7.48. The van der Waals surface area contributed by atoms with Gasteiger partial charge in [0.05, 0.1) is 0 Å². The second kappa shape index (κ2) is 5.15. The lowest BCUT2D eigenvalue weighted by Gasteiger charge is -2.28. The topological polar surface area (TPSA) is 67.9 Å². The van der Waals surface area contributed by atoms with Crippen LogP contribution in [0, 0.1) is 5.92 Å². The van der Waals surface area contributed by atoms with Crippen molar-refractivity contribution in [1.29, 1.82) is 0 Å². The summed E-state index contributed by atoms with van der Waals surface area (Å²) in [6, 6.07) is 4.88. The number of amides is 3. The smallest absolute Gasteiger partial charge is 0.324 e. The number of urea groups is 1. The number of imide groups is 1. The van der Waals surface area contributed by atoms with Gasteiger partial charge in [-0.3, -0.25) is 9.69 Å². The first-order valence-corrected chi connectivity index (χ1v) is 7.48. The monoisotopic (exact) mass is 312 g/mol. The normalized spacial score (nSPS) is 28.4. The molecule has 118 valence electrons. The Morgan fingerprint density at radius 1 is 1.13 bits per heavy atom. The Morgan fingerprint density at radius 3 is 2.70 bits per heavy atom. The summed E-state index contributed by atoms with van der Waals surface area (Å²) in [5.74, 6) is 1.08. The van der Waals surface area contributed by atoms with Crippen LogP contribution in [-0.4, -0.2) is 36.7 Å². The van der Waals surface area contributed by atoms with Gasteiger partial charge in [0.15, 0.2) is 11.5 Å². The molecular formula is C17H16N2O4. The molecule has 3 aliphatic rings. The van der Waals surface area contributed by atoms with E-state index in [-0.39, 0.29) is 30.6 Å². The zero-order valence-corrected chi connectivity index (χ0v) is 12.6. The molecule has 1 aliphatic carbocycles. The van der Waals surface area contributed by atoms with Crippen molar-refractivity contribution in [3.8, 4) is 11.5 Å². The molecule has 1 saturated heterocycles. The summed E-state index contributed by atoms with van der Waals surface area (Å²) >= 11 is 0. The number of ether oxygens (including phenoxy) is 2. The van der Waals surface area contributed by atoms with Crippen LogP contribution in [0.1, 0.15) is 11.5 Å². The molecule has 6 heteroatoms. The fraction of sp³-hybridized carbons (Fsp3) is 0.294. The minimum Gasteiger partial charge on any atom is -0.454 e. The quantitative estimate of drug-likeness (QED) is 0.846. The van der Waals surface area contributed by atoms with Crippen LogP contribution in [-0.2, 0) is 4.79 Å². The van der Waals surface area contributed by atoms with Crippen molar-refractivity contribution in [2.75, 3.05) is 13.8 Å². The third-order valence-electron chi connectivity index (χ3n) is 4.52. The number of nitrogens with one attached hydrogen (secondary N) is 1. The number of carbonyl (C=O) groups is 2. The summed E-state index contributed by atoms with van der Waals surface area (Å²) in [4.78, 5) is 25.2. The molecule has 1 fully saturated rings. The minimum atomic E-state index is -0.552. The zero-order valence-electron chi connectivity index (χ0n) is 12.6. The molecule has 6 nitrogen and oxygen atoms in total. The molecule has 1 unspecified atom stereocenters. The predicted molar refractivity (Wildman–Crippen MR) is 82.2 cm³/mol. The Bertz CT molecular complexity index is 740. The van der Waals surface area contributed by atoms with Crippen molar-refractivity contribution in [3.63, 3.8) is 0 Å². The van der Waals surface area contributed by atoms with E-state index in [1.165, 1.54) is 7.05 Å². The van der Waals surface area contributed by atoms with Crippen LogP contribution in [0.5, 0.6) is 11.5 Å². The summed E-state index contributed by atoms with van der Waals surface area (Å²) in [5, 5.41) is 2.77. The zero-order chi connectivity index (χ0) is 16.0. The van der Waals surface area contributed by atoms with E-state index >= 15 is 0 Å². The van der Waals surface area contributed by atoms with Crippen molar-refractivity contribution < 1.29 is 19.1 Å². The van der Waals surface area contributed by atoms with Gasteiger partial charge in [0.1, 0.15) is 6.04 Å². The highest BCUT2D eigenvalue weighted by Gasteiger charge is 2.42. The van der Waals surface area contributed by atoms with Gasteiger partial charge < -0.3 is 14.8 Å². The Morgan fingerprint density at radius 2 is 1.91 bits per heavy atom. The number of carbonyl (C=O) groups excluding carboxylic acids is 2. The van der Waals surface area contributed by atoms with Crippen molar-refractivity contribution in [1.82, 2.24) is 10.2 Å². The standard InChI is InChI=1S/C17H16N2O4/c1-19-16(20)15(18-17(19)21)12-5-3-2-4-11(12)10-6-7-13-14(8-10)23-9-22-13/h2-8,11-12,15H,9H2,1H3,(H,18,21)/t11-,12+,15?/m1/s1. The number of nitrogens with zero attached hydrogens (tertiary/aromatic N) is 1. The lowest BCUT2D eigenvalue weighted by molar-refractivity contribution is -0.127. The maximum Gasteiger partial charge on any atom is 0.324 e. The second-order valence-corrected chi connectivity index (χ2v) is 5.81. The first-order chi connectivity index (χ1) is 11.1. The highest BCUT2D eigenvalue weighted by Crippen LogP contribution is 2.39. The number of hydrogen-bond donors (Lipinski definition) is 1. The molecule has 1 aromatic rings. The van der Waals surface area contributed by atoms with Gasteiger partial charge in [-0.15, -0.1) is 0 Å². The van der Waals surface area contributed by atoms with E-state index in [0.29, 0.717) is 5.75 Å². The average Bonchev–Trinajstić information content (AvgIpc) is 3.14. The van der Waals surface area contributed by atoms with Gasteiger partial charge in [-0.1, -0.05) is 30.4 Å². The summed E-state index contributed by atoms with van der Waals surface area (Å²) in [6.07, 6.45) is 7.87. The number of benzene rings is 1. The molecule has 3 amide bonds. The van der Waals surface area contributed by atoms with Crippen molar-refractivity contribution in [2.45, 2.75) is 12.0 Å². The summed E-state index contributed by atoms with van der Waals surface area (Å²) in [6.45, 7) is 0.227. The molecule has 2 heterocycles. The van der Waals surface area contributed by atoms with Gasteiger partial charge in [-0.2, -0.15) is 0 Å². The fourth-order valence-corrected chi connectivity index (χ4v) is 3.26. The van der Waals surface area contributed by atoms with E-state index in [2.05, 4.69) is 5.32 Å². The number of allylic oxidation sites excluding steroid dienone is 3. The van der Waals surface area contributed by atoms with E-state index < -0.39 is 6.04 Å². The molecule has 0 saturated carbocycles. The molecule has 0 spiro atoms.